The summed E-state index contributed by atoms with van der Waals surface area (Å²) in [5.74, 6) is 0. The first-order chi connectivity index (χ1) is 15.0. The molecule has 1 aliphatic rings. The second kappa shape index (κ2) is 14.7. The van der Waals surface area contributed by atoms with Crippen molar-refractivity contribution in [3.8, 4) is 11.1 Å². The van der Waals surface area contributed by atoms with Gasteiger partial charge in [-0.2, -0.15) is 48.0 Å². The van der Waals surface area contributed by atoms with E-state index in [1.807, 2.05) is 12.1 Å². The van der Waals surface area contributed by atoms with Gasteiger partial charge < -0.3 is 24.8 Å². The molecule has 4 aromatic carbocycles. The molecular formula is C29H30Cl2SiZr-2. The molecule has 1 aliphatic carbocycles. The van der Waals surface area contributed by atoms with E-state index in [1.54, 1.807) is 5.19 Å². The molecule has 0 amide bonds. The largest absolute Gasteiger partial charge is 0.179 e. The van der Waals surface area contributed by atoms with Crippen LogP contribution in [0.1, 0.15) is 16.7 Å². The van der Waals surface area contributed by atoms with Crippen LogP contribution in [0.4, 0.5) is 0 Å². The van der Waals surface area contributed by atoms with Gasteiger partial charge in [0.1, 0.15) is 0 Å². The summed E-state index contributed by atoms with van der Waals surface area (Å²) >= 11 is 1.51. The van der Waals surface area contributed by atoms with E-state index < -0.39 is 8.07 Å². The van der Waals surface area contributed by atoms with Crippen molar-refractivity contribution >= 4 is 17.0 Å². The van der Waals surface area contributed by atoms with Gasteiger partial charge in [0.2, 0.25) is 0 Å². The van der Waals surface area contributed by atoms with E-state index in [4.69, 9.17) is 0 Å². The second-order valence-corrected chi connectivity index (χ2v) is 14.8. The Morgan fingerprint density at radius 3 is 2.15 bits per heavy atom. The Labute approximate surface area is 228 Å². The molecular weight excluding hydrogens is 539 g/mol. The Bertz CT molecular complexity index is 1040. The molecule has 0 radical (unpaired) electrons. The summed E-state index contributed by atoms with van der Waals surface area (Å²) in [5, 5.41) is 1.56. The molecule has 4 aromatic rings. The molecule has 170 valence electrons. The smallest absolute Gasteiger partial charge is 0.0253 e. The summed E-state index contributed by atoms with van der Waals surface area (Å²) in [6.45, 7) is 7.09. The molecule has 5 rings (SSSR count). The number of hydrogen-bond acceptors (Lipinski definition) is 0. The third-order valence-electron chi connectivity index (χ3n) is 5.33. The molecule has 4 heteroatoms. The molecule has 33 heavy (non-hydrogen) atoms. The number of hydrogen-bond donors (Lipinski definition) is 0. The van der Waals surface area contributed by atoms with Crippen molar-refractivity contribution in [3.63, 3.8) is 0 Å². The van der Waals surface area contributed by atoms with Crippen molar-refractivity contribution in [2.75, 3.05) is 0 Å². The zero-order valence-corrected chi connectivity index (χ0v) is 24.5. The quantitative estimate of drug-likeness (QED) is 0.221. The van der Waals surface area contributed by atoms with Crippen LogP contribution >= 0.6 is 0 Å². The van der Waals surface area contributed by atoms with E-state index in [0.29, 0.717) is 0 Å². The Kier molecular flexibility index (Phi) is 13.2. The van der Waals surface area contributed by atoms with E-state index in [2.05, 4.69) is 114 Å². The normalized spacial score (nSPS) is 10.6. The Morgan fingerprint density at radius 2 is 1.55 bits per heavy atom. The average molecular weight is 569 g/mol. The first-order valence-electron chi connectivity index (χ1n) is 10.8. The maximum atomic E-state index is 3.30. The zero-order chi connectivity index (χ0) is 22.1. The third-order valence-corrected chi connectivity index (χ3v) is 7.89. The fraction of sp³-hybridized carbons (Fsp3) is 0.172. The summed E-state index contributed by atoms with van der Waals surface area (Å²) in [4.78, 5) is 0. The van der Waals surface area contributed by atoms with Gasteiger partial charge in [-0.05, 0) is 6.42 Å². The van der Waals surface area contributed by atoms with E-state index >= 15 is 0 Å². The van der Waals surface area contributed by atoms with Crippen LogP contribution in [0.25, 0.3) is 11.1 Å². The summed E-state index contributed by atoms with van der Waals surface area (Å²) in [6, 6.07) is 37.3. The van der Waals surface area contributed by atoms with Crippen LogP contribution in [0.5, 0.6) is 0 Å². The van der Waals surface area contributed by atoms with Gasteiger partial charge in [-0.15, -0.1) is 5.56 Å². The van der Waals surface area contributed by atoms with Crippen molar-refractivity contribution in [2.45, 2.75) is 32.5 Å². The number of halogens is 2. The standard InChI is InChI=1S/C13H9.C8H13Si.C8H8.2ClH.Zr/c1-3-7-12-10(5-1)9-11-6-2-4-8-13(11)12;1-9(2,3)8-6-4-5-7-8;1-2-8-6-4-3-5-7-8;;;/h1-5,7-8H,9H2;4-7H,1-3H3;1,3-7H,2H2;2*1H;/q2*-1;;;;+2/p-2. The fourth-order valence-corrected chi connectivity index (χ4v) is 5.38. The summed E-state index contributed by atoms with van der Waals surface area (Å²) < 4.78 is 2.25. The van der Waals surface area contributed by atoms with Gasteiger partial charge >= 0.3 is 70.3 Å². The molecule has 0 N–H and O–H groups in total. The van der Waals surface area contributed by atoms with Crippen molar-refractivity contribution in [1.29, 1.82) is 0 Å². The van der Waals surface area contributed by atoms with Crippen LogP contribution < -0.4 is 30.0 Å². The van der Waals surface area contributed by atoms with E-state index in [9.17, 15) is 0 Å². The molecule has 0 aliphatic heterocycles. The predicted molar refractivity (Wildman–Crippen MR) is 135 cm³/mol. The van der Waals surface area contributed by atoms with Crippen LogP contribution in [0.15, 0.2) is 97.1 Å². The molecule has 0 aromatic heterocycles. The van der Waals surface area contributed by atoms with Gasteiger partial charge in [-0.25, -0.2) is 11.3 Å². The molecule has 0 spiro atoms. The second-order valence-electron chi connectivity index (χ2n) is 8.71. The summed E-state index contributed by atoms with van der Waals surface area (Å²) in [7, 11) is -0.981. The van der Waals surface area contributed by atoms with Crippen molar-refractivity contribution < 1.29 is 49.0 Å². The minimum Gasteiger partial charge on any atom is -0.179 e. The number of fused-ring (bicyclic) bond motifs is 3. The van der Waals surface area contributed by atoms with Gasteiger partial charge in [0, 0.05) is 8.07 Å². The minimum atomic E-state index is -0.981. The summed E-state index contributed by atoms with van der Waals surface area (Å²) in [5.41, 5.74) is 6.92. The van der Waals surface area contributed by atoms with Crippen LogP contribution in [0.2, 0.25) is 19.6 Å². The predicted octanol–water partition coefficient (Wildman–Crippen LogP) is 0.595. The Hall–Kier alpha value is -1.44. The average Bonchev–Trinajstić information content (AvgIpc) is 3.44. The molecule has 0 bridgehead atoms. The zero-order valence-electron chi connectivity index (χ0n) is 19.5. The van der Waals surface area contributed by atoms with E-state index in [-0.39, 0.29) is 24.8 Å². The molecule has 0 atom stereocenters. The van der Waals surface area contributed by atoms with E-state index in [0.717, 1.165) is 12.8 Å². The number of benzene rings is 3. The van der Waals surface area contributed by atoms with Gasteiger partial charge in [0.05, 0.1) is 0 Å². The third kappa shape index (κ3) is 9.02. The minimum absolute atomic E-state index is 0. The van der Waals surface area contributed by atoms with Gasteiger partial charge in [0.15, 0.2) is 0 Å². The van der Waals surface area contributed by atoms with E-state index in [1.165, 1.54) is 52.1 Å². The molecule has 0 heterocycles. The molecule has 0 nitrogen and oxygen atoms in total. The van der Waals surface area contributed by atoms with Crippen LogP contribution in [-0.4, -0.2) is 11.8 Å². The van der Waals surface area contributed by atoms with Crippen molar-refractivity contribution in [3.05, 3.63) is 120 Å². The Morgan fingerprint density at radius 1 is 0.879 bits per heavy atom. The topological polar surface area (TPSA) is 0 Å². The van der Waals surface area contributed by atoms with Crippen molar-refractivity contribution in [2.24, 2.45) is 0 Å². The van der Waals surface area contributed by atoms with Gasteiger partial charge in [-0.1, -0.05) is 55.0 Å². The van der Waals surface area contributed by atoms with Crippen LogP contribution in [-0.2, 0) is 37.1 Å². The van der Waals surface area contributed by atoms with Gasteiger partial charge in [0.25, 0.3) is 0 Å². The monoisotopic (exact) mass is 566 g/mol. The van der Waals surface area contributed by atoms with Crippen LogP contribution in [0.3, 0.4) is 0 Å². The number of rotatable bonds is 3. The van der Waals surface area contributed by atoms with Crippen molar-refractivity contribution in [1.82, 2.24) is 0 Å². The molecule has 0 fully saturated rings. The molecule has 0 unspecified atom stereocenters. The summed E-state index contributed by atoms with van der Waals surface area (Å²) in [6.07, 6.45) is 2.17. The Balaban J connectivity index is 0.000000247. The maximum absolute atomic E-state index is 3.30. The molecule has 0 saturated carbocycles. The molecule has 0 saturated heterocycles. The first kappa shape index (κ1) is 29.6. The fourth-order valence-electron chi connectivity index (χ4n) is 3.60. The van der Waals surface area contributed by atoms with Crippen LogP contribution in [0, 0.1) is 6.07 Å². The first-order valence-corrected chi connectivity index (χ1v) is 15.7. The maximum Gasteiger partial charge on any atom is -0.0253 e. The SMILES string of the molecule is C[Si](C)(C)c1cc[cH-]c1.[Cl-].[Cl-].[Zr+2]=[CH]Cc1ccccc1.[c-]1cccc2c1Cc1ccccc1-2. The van der Waals surface area contributed by atoms with Gasteiger partial charge in [-0.3, -0.25) is 0 Å².